The second kappa shape index (κ2) is 9.99. The first-order chi connectivity index (χ1) is 15.8. The zero-order valence-corrected chi connectivity index (χ0v) is 19.0. The number of H-pyrrole nitrogens is 1. The van der Waals surface area contributed by atoms with E-state index in [2.05, 4.69) is 44.7 Å². The van der Waals surface area contributed by atoms with Crippen LogP contribution in [0.15, 0.2) is 30.5 Å². The zero-order chi connectivity index (χ0) is 23.4. The molecule has 1 atom stereocenters. The number of nitrogens with one attached hydrogen (secondary N) is 4. The summed E-state index contributed by atoms with van der Waals surface area (Å²) in [6.07, 6.45) is 1.03. The number of aromatic nitrogens is 3. The number of nitrogens with zero attached hydrogens (tertiary/aromatic N) is 2. The van der Waals surface area contributed by atoms with Gasteiger partial charge in [0, 0.05) is 41.9 Å². The fourth-order valence-electron chi connectivity index (χ4n) is 4.26. The molecule has 9 heteroatoms. The molecule has 1 unspecified atom stereocenters. The molecule has 1 aromatic carbocycles. The van der Waals surface area contributed by atoms with E-state index in [4.69, 9.17) is 0 Å². The van der Waals surface area contributed by atoms with Gasteiger partial charge in [-0.15, -0.1) is 0 Å². The molecule has 6 nitrogen and oxygen atoms in total. The Bertz CT molecular complexity index is 1080. The normalized spacial score (nSPS) is 16.2. The average molecular weight is 461 g/mol. The van der Waals surface area contributed by atoms with Crippen molar-refractivity contribution in [1.29, 1.82) is 0 Å². The molecule has 4 N–H and O–H groups in total. The van der Waals surface area contributed by atoms with Crippen LogP contribution in [0, 0.1) is 5.92 Å². The van der Waals surface area contributed by atoms with Crippen molar-refractivity contribution in [2.45, 2.75) is 51.7 Å². The Morgan fingerprint density at radius 3 is 2.79 bits per heavy atom. The van der Waals surface area contributed by atoms with Gasteiger partial charge < -0.3 is 20.9 Å². The molecule has 1 aliphatic rings. The van der Waals surface area contributed by atoms with Crippen LogP contribution in [0.4, 0.5) is 24.9 Å². The van der Waals surface area contributed by atoms with Crippen LogP contribution in [-0.2, 0) is 12.6 Å². The van der Waals surface area contributed by atoms with Gasteiger partial charge in [-0.3, -0.25) is 0 Å². The van der Waals surface area contributed by atoms with Crippen molar-refractivity contribution in [3.63, 3.8) is 0 Å². The summed E-state index contributed by atoms with van der Waals surface area (Å²) in [5, 5.41) is 10.8. The lowest BCUT2D eigenvalue weighted by Crippen LogP contribution is -2.27. The number of anilines is 2. The number of fused-ring (bicyclic) bond motifs is 3. The van der Waals surface area contributed by atoms with Gasteiger partial charge >= 0.3 is 6.18 Å². The van der Waals surface area contributed by atoms with Crippen LogP contribution >= 0.6 is 0 Å². The molecule has 0 spiro atoms. The number of alkyl halides is 3. The Labute approximate surface area is 191 Å². The molecule has 1 aliphatic carbocycles. The number of hydrogen-bond acceptors (Lipinski definition) is 5. The predicted octanol–water partition coefficient (Wildman–Crippen LogP) is 5.51. The fourth-order valence-corrected chi connectivity index (χ4v) is 4.26. The molecule has 33 heavy (non-hydrogen) atoms. The first-order valence-corrected chi connectivity index (χ1v) is 11.6. The van der Waals surface area contributed by atoms with E-state index in [0.717, 1.165) is 74.0 Å². The molecule has 2 heterocycles. The topological polar surface area (TPSA) is 77.7 Å². The highest BCUT2D eigenvalue weighted by Crippen LogP contribution is 2.38. The third kappa shape index (κ3) is 5.76. The molecular formula is C24H31F3N6. The SMILES string of the molecule is CC(C)CNc1nccc(NCCCNC2CCCc3c2[nH]c2ccc(C(F)(F)F)cc32)n1. The third-order valence-electron chi connectivity index (χ3n) is 5.91. The van der Waals surface area contributed by atoms with Gasteiger partial charge in [0.15, 0.2) is 0 Å². The van der Waals surface area contributed by atoms with Crippen LogP contribution in [0.1, 0.15) is 56.0 Å². The summed E-state index contributed by atoms with van der Waals surface area (Å²) < 4.78 is 39.4. The van der Waals surface area contributed by atoms with Gasteiger partial charge in [0.1, 0.15) is 5.82 Å². The summed E-state index contributed by atoms with van der Waals surface area (Å²) in [6, 6.07) is 5.95. The van der Waals surface area contributed by atoms with Crippen molar-refractivity contribution in [1.82, 2.24) is 20.3 Å². The number of rotatable bonds is 9. The maximum Gasteiger partial charge on any atom is 0.416 e. The molecular weight excluding hydrogens is 429 g/mol. The molecule has 4 rings (SSSR count). The maximum absolute atomic E-state index is 13.1. The van der Waals surface area contributed by atoms with E-state index >= 15 is 0 Å². The molecule has 0 saturated carbocycles. The highest BCUT2D eigenvalue weighted by molar-refractivity contribution is 5.86. The highest BCUT2D eigenvalue weighted by atomic mass is 19.4. The average Bonchev–Trinajstić information content (AvgIpc) is 3.16. The molecule has 178 valence electrons. The van der Waals surface area contributed by atoms with E-state index in [-0.39, 0.29) is 6.04 Å². The Kier molecular flexibility index (Phi) is 7.07. The van der Waals surface area contributed by atoms with Gasteiger partial charge in [-0.25, -0.2) is 4.98 Å². The predicted molar refractivity (Wildman–Crippen MR) is 125 cm³/mol. The first-order valence-electron chi connectivity index (χ1n) is 11.6. The summed E-state index contributed by atoms with van der Waals surface area (Å²) >= 11 is 0. The smallest absolute Gasteiger partial charge is 0.370 e. The third-order valence-corrected chi connectivity index (χ3v) is 5.91. The zero-order valence-electron chi connectivity index (χ0n) is 19.0. The van der Waals surface area contributed by atoms with Crippen LogP contribution < -0.4 is 16.0 Å². The van der Waals surface area contributed by atoms with Crippen molar-refractivity contribution in [3.05, 3.63) is 47.3 Å². The molecule has 0 aliphatic heterocycles. The van der Waals surface area contributed by atoms with Gasteiger partial charge in [0.05, 0.1) is 5.56 Å². The van der Waals surface area contributed by atoms with Crippen LogP contribution in [-0.4, -0.2) is 34.6 Å². The van der Waals surface area contributed by atoms with Crippen LogP contribution in [0.5, 0.6) is 0 Å². The van der Waals surface area contributed by atoms with Gasteiger partial charge in [-0.05, 0) is 68.0 Å². The molecule has 3 aromatic rings. The van der Waals surface area contributed by atoms with Crippen molar-refractivity contribution in [3.8, 4) is 0 Å². The van der Waals surface area contributed by atoms with Crippen molar-refractivity contribution < 1.29 is 13.2 Å². The van der Waals surface area contributed by atoms with Crippen molar-refractivity contribution in [2.24, 2.45) is 5.92 Å². The quantitative estimate of drug-likeness (QED) is 0.317. The molecule has 2 aromatic heterocycles. The first kappa shape index (κ1) is 23.4. The van der Waals surface area contributed by atoms with E-state index in [1.807, 2.05) is 6.07 Å². The van der Waals surface area contributed by atoms with Gasteiger partial charge in [0.25, 0.3) is 0 Å². The minimum atomic E-state index is -4.33. The minimum Gasteiger partial charge on any atom is -0.370 e. The highest BCUT2D eigenvalue weighted by Gasteiger charge is 2.32. The Morgan fingerprint density at radius 1 is 1.15 bits per heavy atom. The molecule has 0 saturated heterocycles. The van der Waals surface area contributed by atoms with Crippen molar-refractivity contribution >= 4 is 22.7 Å². The summed E-state index contributed by atoms with van der Waals surface area (Å²) in [7, 11) is 0. The number of hydrogen-bond donors (Lipinski definition) is 4. The molecule has 0 bridgehead atoms. The lowest BCUT2D eigenvalue weighted by atomic mass is 9.91. The summed E-state index contributed by atoms with van der Waals surface area (Å²) in [5.74, 6) is 1.92. The number of halogens is 3. The van der Waals surface area contributed by atoms with E-state index in [1.165, 1.54) is 6.07 Å². The monoisotopic (exact) mass is 460 g/mol. The number of aromatic amines is 1. The molecule has 0 fully saturated rings. The van der Waals surface area contributed by atoms with Gasteiger partial charge in [-0.1, -0.05) is 13.8 Å². The fraction of sp³-hybridized carbons (Fsp3) is 0.500. The van der Waals surface area contributed by atoms with Crippen molar-refractivity contribution in [2.75, 3.05) is 30.3 Å². The standard InChI is InChI=1S/C24H31F3N6/c1-15(2)14-31-23-30-12-9-21(33-23)29-11-4-10-28-20-6-3-5-17-18-13-16(24(25,26)27)7-8-19(18)32-22(17)20/h7-9,12-13,15,20,28,32H,3-6,10-11,14H2,1-2H3,(H2,29,30,31,33). The second-order valence-electron chi connectivity index (χ2n) is 8.99. The summed E-state index contributed by atoms with van der Waals surface area (Å²) in [4.78, 5) is 12.1. The lowest BCUT2D eigenvalue weighted by molar-refractivity contribution is -0.137. The van der Waals surface area contributed by atoms with Crippen LogP contribution in [0.3, 0.4) is 0 Å². The van der Waals surface area contributed by atoms with Gasteiger partial charge in [-0.2, -0.15) is 18.2 Å². The van der Waals surface area contributed by atoms with E-state index in [9.17, 15) is 13.2 Å². The number of benzene rings is 1. The second-order valence-corrected chi connectivity index (χ2v) is 8.99. The minimum absolute atomic E-state index is 0.126. The van der Waals surface area contributed by atoms with Crippen LogP contribution in [0.25, 0.3) is 10.9 Å². The Hall–Kier alpha value is -2.81. The summed E-state index contributed by atoms with van der Waals surface area (Å²) in [5.41, 5.74) is 2.22. The Balaban J connectivity index is 1.31. The van der Waals surface area contributed by atoms with Crippen LogP contribution in [0.2, 0.25) is 0 Å². The molecule has 0 radical (unpaired) electrons. The van der Waals surface area contributed by atoms with E-state index < -0.39 is 11.7 Å². The molecule has 0 amide bonds. The maximum atomic E-state index is 13.1. The van der Waals surface area contributed by atoms with Gasteiger partial charge in [0.2, 0.25) is 5.95 Å². The van der Waals surface area contributed by atoms with E-state index in [1.54, 1.807) is 12.3 Å². The summed E-state index contributed by atoms with van der Waals surface area (Å²) in [6.45, 7) is 6.64. The number of aryl methyl sites for hydroxylation is 1. The largest absolute Gasteiger partial charge is 0.416 e. The van der Waals surface area contributed by atoms with E-state index in [0.29, 0.717) is 17.3 Å². The lowest BCUT2D eigenvalue weighted by Gasteiger charge is -2.24. The Morgan fingerprint density at radius 2 is 2.00 bits per heavy atom.